The van der Waals surface area contributed by atoms with Gasteiger partial charge >= 0.3 is 0 Å². The Labute approximate surface area is 87.7 Å². The van der Waals surface area contributed by atoms with E-state index in [1.54, 1.807) is 0 Å². The molecule has 1 unspecified atom stereocenters. The van der Waals surface area contributed by atoms with E-state index in [0.29, 0.717) is 6.42 Å². The summed E-state index contributed by atoms with van der Waals surface area (Å²) in [5.74, 6) is -1.53. The summed E-state index contributed by atoms with van der Waals surface area (Å²) in [7, 11) is 0. The summed E-state index contributed by atoms with van der Waals surface area (Å²) < 4.78 is 25.6. The molecule has 1 atom stereocenters. The zero-order valence-corrected chi connectivity index (χ0v) is 8.41. The van der Waals surface area contributed by atoms with E-state index in [9.17, 15) is 8.78 Å². The monoisotopic (exact) mass is 219 g/mol. The van der Waals surface area contributed by atoms with Gasteiger partial charge in [-0.15, -0.1) is 12.4 Å². The van der Waals surface area contributed by atoms with Crippen LogP contribution in [-0.2, 0) is 12.8 Å². The molecule has 0 amide bonds. The zero-order valence-electron chi connectivity index (χ0n) is 7.59. The van der Waals surface area contributed by atoms with Crippen LogP contribution >= 0.6 is 12.4 Å². The van der Waals surface area contributed by atoms with E-state index < -0.39 is 11.6 Å². The molecule has 1 aromatic rings. The van der Waals surface area contributed by atoms with Crippen molar-refractivity contribution in [3.05, 3.63) is 34.9 Å². The third kappa shape index (κ3) is 2.04. The molecule has 0 aliphatic heterocycles. The van der Waals surface area contributed by atoms with Gasteiger partial charge in [0.15, 0.2) is 11.6 Å². The Kier molecular flexibility index (Phi) is 3.45. The van der Waals surface area contributed by atoms with E-state index >= 15 is 0 Å². The first-order chi connectivity index (χ1) is 6.16. The maximum Gasteiger partial charge on any atom is 0.159 e. The molecule has 0 fully saturated rings. The molecule has 0 saturated heterocycles. The van der Waals surface area contributed by atoms with Crippen molar-refractivity contribution in [1.82, 2.24) is 0 Å². The smallest absolute Gasteiger partial charge is 0.159 e. The van der Waals surface area contributed by atoms with Crippen LogP contribution in [0.25, 0.3) is 0 Å². The Morgan fingerprint density at radius 2 is 1.71 bits per heavy atom. The van der Waals surface area contributed by atoms with Crippen molar-refractivity contribution in [3.63, 3.8) is 0 Å². The van der Waals surface area contributed by atoms with E-state index in [1.807, 2.05) is 0 Å². The number of nitrogens with two attached hydrogens (primary N) is 1. The number of benzene rings is 1. The molecule has 0 aromatic heterocycles. The minimum Gasteiger partial charge on any atom is -0.327 e. The molecule has 2 rings (SSSR count). The number of rotatable bonds is 0. The third-order valence-electron chi connectivity index (χ3n) is 2.51. The summed E-state index contributed by atoms with van der Waals surface area (Å²) in [4.78, 5) is 0. The van der Waals surface area contributed by atoms with Crippen LogP contribution in [-0.4, -0.2) is 6.04 Å². The number of hydrogen-bond acceptors (Lipinski definition) is 1. The van der Waals surface area contributed by atoms with Crippen LogP contribution in [0.1, 0.15) is 17.5 Å². The first-order valence-electron chi connectivity index (χ1n) is 4.39. The van der Waals surface area contributed by atoms with Crippen molar-refractivity contribution in [3.8, 4) is 0 Å². The molecule has 0 saturated carbocycles. The van der Waals surface area contributed by atoms with Gasteiger partial charge in [-0.2, -0.15) is 0 Å². The van der Waals surface area contributed by atoms with Crippen LogP contribution < -0.4 is 5.73 Å². The summed E-state index contributed by atoms with van der Waals surface area (Å²) in [6.07, 6.45) is 2.28. The van der Waals surface area contributed by atoms with Gasteiger partial charge in [0.2, 0.25) is 0 Å². The first kappa shape index (κ1) is 11.4. The van der Waals surface area contributed by atoms with Gasteiger partial charge < -0.3 is 5.73 Å². The Balaban J connectivity index is 0.000000980. The molecule has 0 radical (unpaired) electrons. The van der Waals surface area contributed by atoms with Crippen molar-refractivity contribution in [2.75, 3.05) is 0 Å². The highest BCUT2D eigenvalue weighted by atomic mass is 35.5. The highest BCUT2D eigenvalue weighted by Crippen LogP contribution is 2.23. The van der Waals surface area contributed by atoms with Crippen LogP contribution in [0.15, 0.2) is 12.1 Å². The lowest BCUT2D eigenvalue weighted by molar-refractivity contribution is 0.496. The predicted molar refractivity (Wildman–Crippen MR) is 53.6 cm³/mol. The summed E-state index contributed by atoms with van der Waals surface area (Å²) in [5, 5.41) is 0. The fourth-order valence-electron chi connectivity index (χ4n) is 1.78. The van der Waals surface area contributed by atoms with Gasteiger partial charge in [0.1, 0.15) is 0 Å². The van der Waals surface area contributed by atoms with E-state index in [1.165, 1.54) is 12.1 Å². The van der Waals surface area contributed by atoms with Crippen LogP contribution in [0.4, 0.5) is 8.78 Å². The number of aryl methyl sites for hydroxylation is 1. The van der Waals surface area contributed by atoms with Crippen LogP contribution in [0.2, 0.25) is 0 Å². The van der Waals surface area contributed by atoms with Crippen molar-refractivity contribution in [2.45, 2.75) is 25.3 Å². The highest BCUT2D eigenvalue weighted by Gasteiger charge is 2.17. The van der Waals surface area contributed by atoms with Gasteiger partial charge in [0, 0.05) is 6.04 Å². The van der Waals surface area contributed by atoms with E-state index in [-0.39, 0.29) is 18.4 Å². The summed E-state index contributed by atoms with van der Waals surface area (Å²) in [6, 6.07) is 2.65. The predicted octanol–water partition coefficient (Wildman–Crippen LogP) is 2.20. The minimum atomic E-state index is -0.771. The number of hydrogen-bond donors (Lipinski definition) is 1. The minimum absolute atomic E-state index is 0. The molecule has 78 valence electrons. The van der Waals surface area contributed by atoms with Crippen LogP contribution in [0, 0.1) is 11.6 Å². The van der Waals surface area contributed by atoms with Crippen molar-refractivity contribution >= 4 is 12.4 Å². The first-order valence-corrected chi connectivity index (χ1v) is 4.39. The second-order valence-corrected chi connectivity index (χ2v) is 3.54. The van der Waals surface area contributed by atoms with E-state index in [2.05, 4.69) is 0 Å². The van der Waals surface area contributed by atoms with Crippen molar-refractivity contribution in [2.24, 2.45) is 5.73 Å². The summed E-state index contributed by atoms with van der Waals surface area (Å²) in [5.41, 5.74) is 7.48. The van der Waals surface area contributed by atoms with Gasteiger partial charge in [-0.05, 0) is 42.5 Å². The zero-order chi connectivity index (χ0) is 9.42. The lowest BCUT2D eigenvalue weighted by Gasteiger charge is -2.21. The van der Waals surface area contributed by atoms with Gasteiger partial charge in [0.05, 0.1) is 0 Å². The standard InChI is InChI=1S/C10H11F2N.ClH/c11-9-4-6-1-2-8(13)3-7(6)5-10(9)12;/h4-5,8H,1-3,13H2;1H. The molecule has 0 heterocycles. The summed E-state index contributed by atoms with van der Waals surface area (Å²) >= 11 is 0. The lowest BCUT2D eigenvalue weighted by atomic mass is 9.88. The molecule has 14 heavy (non-hydrogen) atoms. The molecule has 1 aromatic carbocycles. The van der Waals surface area contributed by atoms with Gasteiger partial charge in [-0.25, -0.2) is 8.78 Å². The molecule has 1 nitrogen and oxygen atoms in total. The molecule has 1 aliphatic rings. The Morgan fingerprint density at radius 1 is 1.14 bits per heavy atom. The second kappa shape index (κ2) is 4.24. The number of fused-ring (bicyclic) bond motifs is 1. The average molecular weight is 220 g/mol. The van der Waals surface area contributed by atoms with Gasteiger partial charge in [-0.1, -0.05) is 0 Å². The SMILES string of the molecule is Cl.NC1CCc2cc(F)c(F)cc2C1. The topological polar surface area (TPSA) is 26.0 Å². The molecule has 4 heteroatoms. The molecular formula is C10H12ClF2N. The Hall–Kier alpha value is -0.670. The molecule has 1 aliphatic carbocycles. The Morgan fingerprint density at radius 3 is 2.36 bits per heavy atom. The van der Waals surface area contributed by atoms with Gasteiger partial charge in [-0.3, -0.25) is 0 Å². The Bertz CT molecular complexity index is 341. The van der Waals surface area contributed by atoms with Gasteiger partial charge in [0.25, 0.3) is 0 Å². The fraction of sp³-hybridized carbons (Fsp3) is 0.400. The quantitative estimate of drug-likeness (QED) is 0.711. The summed E-state index contributed by atoms with van der Waals surface area (Å²) in [6.45, 7) is 0. The second-order valence-electron chi connectivity index (χ2n) is 3.54. The molecule has 0 spiro atoms. The average Bonchev–Trinajstić information content (AvgIpc) is 2.08. The lowest BCUT2D eigenvalue weighted by Crippen LogP contribution is -2.28. The maximum absolute atomic E-state index is 12.8. The fourth-order valence-corrected chi connectivity index (χ4v) is 1.78. The maximum atomic E-state index is 12.8. The molecule has 2 N–H and O–H groups in total. The van der Waals surface area contributed by atoms with E-state index in [4.69, 9.17) is 5.73 Å². The third-order valence-corrected chi connectivity index (χ3v) is 2.51. The highest BCUT2D eigenvalue weighted by molar-refractivity contribution is 5.85. The van der Waals surface area contributed by atoms with Crippen molar-refractivity contribution < 1.29 is 8.78 Å². The van der Waals surface area contributed by atoms with Crippen LogP contribution in [0.5, 0.6) is 0 Å². The van der Waals surface area contributed by atoms with Crippen LogP contribution in [0.3, 0.4) is 0 Å². The normalized spacial score (nSPS) is 19.8. The largest absolute Gasteiger partial charge is 0.327 e. The van der Waals surface area contributed by atoms with Crippen molar-refractivity contribution in [1.29, 1.82) is 0 Å². The number of halogens is 3. The molecular weight excluding hydrogens is 208 g/mol. The van der Waals surface area contributed by atoms with E-state index in [0.717, 1.165) is 24.0 Å². The molecule has 0 bridgehead atoms.